The molecule has 7 N–H and O–H groups in total. The molecule has 0 aromatic carbocycles. The summed E-state index contributed by atoms with van der Waals surface area (Å²) in [6.45, 7) is 2.76. The van der Waals surface area contributed by atoms with Crippen LogP contribution in [-0.2, 0) is 18.9 Å². The van der Waals surface area contributed by atoms with Crippen molar-refractivity contribution in [2.45, 2.75) is 75.3 Å². The molecule has 2 heterocycles. The average molecular weight is 386 g/mol. The van der Waals surface area contributed by atoms with E-state index in [9.17, 15) is 30.6 Å². The standard InChI is InChI=1S/C13H24O11.C2H6/c1-21-12-10(20)8(18)11(5(3-15)23-12)24-13-9(19)7(17)6(16)4(2-14)22-13;1-2/h4-20H,2-3H2,1H3;1-2H3. The van der Waals surface area contributed by atoms with Crippen LogP contribution < -0.4 is 0 Å². The molecule has 2 aliphatic heterocycles. The molecule has 2 saturated heterocycles. The van der Waals surface area contributed by atoms with E-state index in [1.165, 1.54) is 7.11 Å². The zero-order valence-electron chi connectivity index (χ0n) is 15.0. The Morgan fingerprint density at radius 2 is 1.19 bits per heavy atom. The van der Waals surface area contributed by atoms with E-state index in [2.05, 4.69) is 0 Å². The topological polar surface area (TPSA) is 179 Å². The number of aliphatic hydroxyl groups is 7. The third-order valence-electron chi connectivity index (χ3n) is 4.19. The van der Waals surface area contributed by atoms with Gasteiger partial charge in [0.1, 0.15) is 48.8 Å². The van der Waals surface area contributed by atoms with Gasteiger partial charge in [-0.05, 0) is 0 Å². The first kappa shape index (κ1) is 23.6. The molecule has 0 aromatic rings. The van der Waals surface area contributed by atoms with Crippen LogP contribution in [0.2, 0.25) is 0 Å². The maximum atomic E-state index is 10.2. The van der Waals surface area contributed by atoms with Crippen molar-refractivity contribution < 1.29 is 54.7 Å². The second-order valence-corrected chi connectivity index (χ2v) is 5.74. The van der Waals surface area contributed by atoms with Crippen molar-refractivity contribution in [1.82, 2.24) is 0 Å². The molecule has 11 nitrogen and oxygen atoms in total. The molecule has 0 radical (unpaired) electrons. The third-order valence-corrected chi connectivity index (χ3v) is 4.19. The van der Waals surface area contributed by atoms with Crippen molar-refractivity contribution in [3.8, 4) is 0 Å². The van der Waals surface area contributed by atoms with Gasteiger partial charge in [-0.1, -0.05) is 13.8 Å². The minimum absolute atomic E-state index is 0.592. The molecule has 2 fully saturated rings. The highest BCUT2D eigenvalue weighted by molar-refractivity contribution is 4.93. The molecule has 0 bridgehead atoms. The molecule has 2 aliphatic rings. The molecular formula is C15H30O11. The van der Waals surface area contributed by atoms with Gasteiger partial charge in [0.25, 0.3) is 0 Å². The zero-order chi connectivity index (χ0) is 20.0. The van der Waals surface area contributed by atoms with E-state index in [0.717, 1.165) is 0 Å². The summed E-state index contributed by atoms with van der Waals surface area (Å²) in [5, 5.41) is 68.0. The predicted octanol–water partition coefficient (Wildman–Crippen LogP) is -3.72. The fourth-order valence-electron chi connectivity index (χ4n) is 2.75. The van der Waals surface area contributed by atoms with Crippen molar-refractivity contribution in [1.29, 1.82) is 0 Å². The quantitative estimate of drug-likeness (QED) is 0.247. The van der Waals surface area contributed by atoms with Gasteiger partial charge in [-0.25, -0.2) is 0 Å². The minimum atomic E-state index is -1.69. The van der Waals surface area contributed by atoms with Gasteiger partial charge in [0, 0.05) is 7.11 Å². The first-order chi connectivity index (χ1) is 12.3. The Hall–Kier alpha value is -0.440. The summed E-state index contributed by atoms with van der Waals surface area (Å²) >= 11 is 0. The number of ether oxygens (including phenoxy) is 4. The monoisotopic (exact) mass is 386 g/mol. The highest BCUT2D eigenvalue weighted by atomic mass is 16.7. The molecule has 2 rings (SSSR count). The van der Waals surface area contributed by atoms with Crippen LogP contribution in [0.1, 0.15) is 13.8 Å². The van der Waals surface area contributed by atoms with Gasteiger partial charge < -0.3 is 54.7 Å². The number of hydrogen-bond donors (Lipinski definition) is 7. The van der Waals surface area contributed by atoms with E-state index < -0.39 is 74.6 Å². The Labute approximate surface area is 151 Å². The van der Waals surface area contributed by atoms with Crippen LogP contribution in [0.25, 0.3) is 0 Å². The second-order valence-electron chi connectivity index (χ2n) is 5.74. The fourth-order valence-corrected chi connectivity index (χ4v) is 2.75. The molecule has 0 aromatic heterocycles. The van der Waals surface area contributed by atoms with Gasteiger partial charge in [-0.15, -0.1) is 0 Å². The van der Waals surface area contributed by atoms with Gasteiger partial charge in [0.05, 0.1) is 13.2 Å². The van der Waals surface area contributed by atoms with E-state index in [1.807, 2.05) is 13.8 Å². The molecule has 10 atom stereocenters. The van der Waals surface area contributed by atoms with Crippen molar-refractivity contribution in [3.63, 3.8) is 0 Å². The number of methoxy groups -OCH3 is 1. The Balaban J connectivity index is 0.00000163. The Morgan fingerprint density at radius 3 is 1.69 bits per heavy atom. The summed E-state index contributed by atoms with van der Waals surface area (Å²) in [5.74, 6) is 0. The average Bonchev–Trinajstić information content (AvgIpc) is 2.67. The van der Waals surface area contributed by atoms with Crippen LogP contribution in [-0.4, -0.2) is 117 Å². The Bertz CT molecular complexity index is 394. The maximum absolute atomic E-state index is 10.2. The van der Waals surface area contributed by atoms with Crippen LogP contribution >= 0.6 is 0 Å². The third kappa shape index (κ3) is 4.88. The Morgan fingerprint density at radius 1 is 0.692 bits per heavy atom. The summed E-state index contributed by atoms with van der Waals surface area (Å²) in [6, 6.07) is 0. The van der Waals surface area contributed by atoms with Gasteiger partial charge in [-0.2, -0.15) is 0 Å². The first-order valence-electron chi connectivity index (χ1n) is 8.46. The highest BCUT2D eigenvalue weighted by Gasteiger charge is 2.50. The van der Waals surface area contributed by atoms with Gasteiger partial charge in [-0.3, -0.25) is 0 Å². The van der Waals surface area contributed by atoms with E-state index in [4.69, 9.17) is 24.1 Å². The molecule has 0 saturated carbocycles. The lowest BCUT2D eigenvalue weighted by atomic mass is 9.97. The van der Waals surface area contributed by atoms with Gasteiger partial charge in [0.2, 0.25) is 0 Å². The molecule has 0 amide bonds. The number of rotatable bonds is 5. The molecule has 10 unspecified atom stereocenters. The maximum Gasteiger partial charge on any atom is 0.187 e. The number of hydrogen-bond acceptors (Lipinski definition) is 11. The van der Waals surface area contributed by atoms with Gasteiger partial charge >= 0.3 is 0 Å². The van der Waals surface area contributed by atoms with Crippen molar-refractivity contribution in [2.75, 3.05) is 20.3 Å². The summed E-state index contributed by atoms with van der Waals surface area (Å²) in [7, 11) is 1.24. The van der Waals surface area contributed by atoms with Crippen LogP contribution in [0.3, 0.4) is 0 Å². The van der Waals surface area contributed by atoms with Crippen molar-refractivity contribution in [2.24, 2.45) is 0 Å². The largest absolute Gasteiger partial charge is 0.394 e. The van der Waals surface area contributed by atoms with E-state index in [1.54, 1.807) is 0 Å². The van der Waals surface area contributed by atoms with Crippen LogP contribution in [0.5, 0.6) is 0 Å². The van der Waals surface area contributed by atoms with E-state index >= 15 is 0 Å². The van der Waals surface area contributed by atoms with Crippen molar-refractivity contribution in [3.05, 3.63) is 0 Å². The van der Waals surface area contributed by atoms with Crippen LogP contribution in [0, 0.1) is 0 Å². The van der Waals surface area contributed by atoms with E-state index in [-0.39, 0.29) is 0 Å². The summed E-state index contributed by atoms with van der Waals surface area (Å²) in [6.07, 6.45) is -14.3. The highest BCUT2D eigenvalue weighted by Crippen LogP contribution is 2.29. The lowest BCUT2D eigenvalue weighted by Crippen LogP contribution is -2.64. The van der Waals surface area contributed by atoms with Crippen molar-refractivity contribution >= 4 is 0 Å². The molecular weight excluding hydrogens is 356 g/mol. The lowest BCUT2D eigenvalue weighted by molar-refractivity contribution is -0.357. The summed E-state index contributed by atoms with van der Waals surface area (Å²) in [4.78, 5) is 0. The smallest absolute Gasteiger partial charge is 0.187 e. The first-order valence-corrected chi connectivity index (χ1v) is 8.46. The predicted molar refractivity (Wildman–Crippen MR) is 84.8 cm³/mol. The molecule has 0 spiro atoms. The second kappa shape index (κ2) is 10.8. The summed E-state index contributed by atoms with van der Waals surface area (Å²) < 4.78 is 20.6. The molecule has 156 valence electrons. The Kier molecular flexibility index (Phi) is 9.79. The van der Waals surface area contributed by atoms with Gasteiger partial charge in [0.15, 0.2) is 12.6 Å². The normalized spacial score (nSPS) is 46.4. The molecule has 0 aliphatic carbocycles. The SMILES string of the molecule is CC.COC1OC(CO)C(OC2OC(CO)C(O)C(O)C2O)C(O)C1O. The van der Waals surface area contributed by atoms with Crippen LogP contribution in [0.4, 0.5) is 0 Å². The lowest BCUT2D eigenvalue weighted by Gasteiger charge is -2.45. The summed E-state index contributed by atoms with van der Waals surface area (Å²) in [5.41, 5.74) is 0. The number of aliphatic hydroxyl groups excluding tert-OH is 7. The molecule has 26 heavy (non-hydrogen) atoms. The fraction of sp³-hybridized carbons (Fsp3) is 1.00. The van der Waals surface area contributed by atoms with E-state index in [0.29, 0.717) is 0 Å². The molecule has 11 heteroatoms. The zero-order valence-corrected chi connectivity index (χ0v) is 15.0. The minimum Gasteiger partial charge on any atom is -0.394 e. The van der Waals surface area contributed by atoms with Crippen LogP contribution in [0.15, 0.2) is 0 Å².